The predicted octanol–water partition coefficient (Wildman–Crippen LogP) is 2.41. The lowest BCUT2D eigenvalue weighted by atomic mass is 10.1. The van der Waals surface area contributed by atoms with Gasteiger partial charge in [0.25, 0.3) is 0 Å². The molecule has 0 bridgehead atoms. The zero-order valence-corrected chi connectivity index (χ0v) is 11.3. The summed E-state index contributed by atoms with van der Waals surface area (Å²) < 4.78 is 31.1. The molecule has 1 rings (SSSR count). The van der Waals surface area contributed by atoms with Crippen molar-refractivity contribution in [1.29, 1.82) is 0 Å². The number of ether oxygens (including phenoxy) is 1. The maximum Gasteiger partial charge on any atom is 0.232 e. The zero-order chi connectivity index (χ0) is 12.9. The predicted molar refractivity (Wildman–Crippen MR) is 70.1 cm³/mol. The van der Waals surface area contributed by atoms with Gasteiger partial charge in [-0.2, -0.15) is 0 Å². The molecule has 0 heterocycles. The van der Waals surface area contributed by atoms with Crippen molar-refractivity contribution in [2.24, 2.45) is 0 Å². The minimum atomic E-state index is -3.27. The Morgan fingerprint density at radius 2 is 2.00 bits per heavy atom. The quantitative estimate of drug-likeness (QED) is 0.851. The standard InChI is InChI=1S/C12H19NO3S/c1-4-8-17(14,15)13-11-9-10(5-2)6-7-12(11)16-3/h6-7,9,13H,4-5,8H2,1-3H3. The smallest absolute Gasteiger partial charge is 0.232 e. The molecule has 96 valence electrons. The van der Waals surface area contributed by atoms with Crippen LogP contribution >= 0.6 is 0 Å². The molecular formula is C12H19NO3S. The summed E-state index contributed by atoms with van der Waals surface area (Å²) in [5.41, 5.74) is 1.58. The van der Waals surface area contributed by atoms with Crippen LogP contribution in [0.3, 0.4) is 0 Å². The SMILES string of the molecule is CCCS(=O)(=O)Nc1cc(CC)ccc1OC. The summed E-state index contributed by atoms with van der Waals surface area (Å²) >= 11 is 0. The normalized spacial score (nSPS) is 11.2. The second-order valence-electron chi connectivity index (χ2n) is 3.81. The van der Waals surface area contributed by atoms with Crippen LogP contribution in [0.25, 0.3) is 0 Å². The van der Waals surface area contributed by atoms with Gasteiger partial charge in [-0.1, -0.05) is 19.9 Å². The first kappa shape index (κ1) is 13.8. The van der Waals surface area contributed by atoms with Crippen molar-refractivity contribution < 1.29 is 13.2 Å². The number of sulfonamides is 1. The minimum absolute atomic E-state index is 0.118. The van der Waals surface area contributed by atoms with Gasteiger partial charge in [0.1, 0.15) is 5.75 Å². The van der Waals surface area contributed by atoms with Crippen LogP contribution in [-0.2, 0) is 16.4 Å². The lowest BCUT2D eigenvalue weighted by molar-refractivity contribution is 0.416. The third-order valence-electron chi connectivity index (χ3n) is 2.41. The Hall–Kier alpha value is -1.23. The number of anilines is 1. The largest absolute Gasteiger partial charge is 0.495 e. The molecule has 0 saturated carbocycles. The number of benzene rings is 1. The van der Waals surface area contributed by atoms with Gasteiger partial charge in [-0.25, -0.2) is 8.42 Å². The van der Waals surface area contributed by atoms with E-state index in [9.17, 15) is 8.42 Å². The maximum atomic E-state index is 11.7. The van der Waals surface area contributed by atoms with Gasteiger partial charge in [-0.3, -0.25) is 4.72 Å². The summed E-state index contributed by atoms with van der Waals surface area (Å²) in [5, 5.41) is 0. The molecule has 0 amide bonds. The van der Waals surface area contributed by atoms with Gasteiger partial charge >= 0.3 is 0 Å². The topological polar surface area (TPSA) is 55.4 Å². The number of rotatable bonds is 6. The van der Waals surface area contributed by atoms with E-state index in [0.717, 1.165) is 12.0 Å². The van der Waals surface area contributed by atoms with Crippen LogP contribution in [0, 0.1) is 0 Å². The van der Waals surface area contributed by atoms with Crippen molar-refractivity contribution >= 4 is 15.7 Å². The fourth-order valence-corrected chi connectivity index (χ4v) is 2.68. The Bertz CT molecular complexity index is 469. The molecule has 1 aromatic carbocycles. The van der Waals surface area contributed by atoms with E-state index >= 15 is 0 Å². The summed E-state index contributed by atoms with van der Waals surface area (Å²) in [5.74, 6) is 0.661. The van der Waals surface area contributed by atoms with E-state index in [4.69, 9.17) is 4.74 Å². The summed E-state index contributed by atoms with van der Waals surface area (Å²) in [6, 6.07) is 5.52. The van der Waals surface area contributed by atoms with E-state index in [2.05, 4.69) is 4.72 Å². The molecule has 0 aromatic heterocycles. The van der Waals surface area contributed by atoms with Crippen LogP contribution in [0.1, 0.15) is 25.8 Å². The molecule has 5 heteroatoms. The highest BCUT2D eigenvalue weighted by Gasteiger charge is 2.12. The van der Waals surface area contributed by atoms with Gasteiger partial charge in [-0.15, -0.1) is 0 Å². The van der Waals surface area contributed by atoms with Gasteiger partial charge in [0.2, 0.25) is 10.0 Å². The minimum Gasteiger partial charge on any atom is -0.495 e. The zero-order valence-electron chi connectivity index (χ0n) is 10.5. The van der Waals surface area contributed by atoms with Crippen molar-refractivity contribution in [2.75, 3.05) is 17.6 Å². The number of aryl methyl sites for hydroxylation is 1. The lowest BCUT2D eigenvalue weighted by Crippen LogP contribution is -2.16. The Morgan fingerprint density at radius 3 is 2.53 bits per heavy atom. The number of nitrogens with one attached hydrogen (secondary N) is 1. The Balaban J connectivity index is 3.03. The molecule has 0 aliphatic rings. The van der Waals surface area contributed by atoms with Crippen LogP contribution in [0.2, 0.25) is 0 Å². The number of methoxy groups -OCH3 is 1. The first-order valence-corrected chi connectivity index (χ1v) is 7.35. The molecule has 0 aliphatic heterocycles. The van der Waals surface area contributed by atoms with Crippen LogP contribution in [-0.4, -0.2) is 21.3 Å². The first-order valence-electron chi connectivity index (χ1n) is 5.69. The summed E-state index contributed by atoms with van der Waals surface area (Å²) in [4.78, 5) is 0. The van der Waals surface area contributed by atoms with Gasteiger partial charge in [0, 0.05) is 0 Å². The Labute approximate surface area is 103 Å². The molecule has 1 aromatic rings. The molecule has 0 radical (unpaired) electrons. The molecule has 1 N–H and O–H groups in total. The van der Waals surface area contributed by atoms with Crippen molar-refractivity contribution in [2.45, 2.75) is 26.7 Å². The number of hydrogen-bond acceptors (Lipinski definition) is 3. The molecule has 0 atom stereocenters. The maximum absolute atomic E-state index is 11.7. The molecule has 0 aliphatic carbocycles. The van der Waals surface area contributed by atoms with Crippen LogP contribution < -0.4 is 9.46 Å². The Kier molecular flexibility index (Phi) is 4.81. The fourth-order valence-electron chi connectivity index (χ4n) is 1.54. The molecule has 0 fully saturated rings. The second kappa shape index (κ2) is 5.91. The average Bonchev–Trinajstić information content (AvgIpc) is 2.28. The van der Waals surface area contributed by atoms with Crippen LogP contribution in [0.5, 0.6) is 5.75 Å². The average molecular weight is 257 g/mol. The summed E-state index contributed by atoms with van der Waals surface area (Å²) in [6.07, 6.45) is 1.44. The molecule has 4 nitrogen and oxygen atoms in total. The van der Waals surface area contributed by atoms with E-state index in [1.807, 2.05) is 26.0 Å². The van der Waals surface area contributed by atoms with Crippen molar-refractivity contribution in [1.82, 2.24) is 0 Å². The molecule has 0 unspecified atom stereocenters. The molecule has 0 spiro atoms. The van der Waals surface area contributed by atoms with E-state index < -0.39 is 10.0 Å². The van der Waals surface area contributed by atoms with Gasteiger partial charge in [0.15, 0.2) is 0 Å². The highest BCUT2D eigenvalue weighted by molar-refractivity contribution is 7.92. The van der Waals surface area contributed by atoms with Gasteiger partial charge < -0.3 is 4.74 Å². The summed E-state index contributed by atoms with van der Waals surface area (Å²) in [7, 11) is -1.75. The van der Waals surface area contributed by atoms with Gasteiger partial charge in [0.05, 0.1) is 18.6 Å². The highest BCUT2D eigenvalue weighted by Crippen LogP contribution is 2.26. The Morgan fingerprint density at radius 1 is 1.29 bits per heavy atom. The van der Waals surface area contributed by atoms with E-state index in [1.54, 1.807) is 6.07 Å². The van der Waals surface area contributed by atoms with E-state index in [1.165, 1.54) is 7.11 Å². The van der Waals surface area contributed by atoms with Gasteiger partial charge in [-0.05, 0) is 30.5 Å². The number of hydrogen-bond donors (Lipinski definition) is 1. The van der Waals surface area contributed by atoms with Crippen LogP contribution in [0.4, 0.5) is 5.69 Å². The molecule has 17 heavy (non-hydrogen) atoms. The third-order valence-corrected chi connectivity index (χ3v) is 3.89. The lowest BCUT2D eigenvalue weighted by Gasteiger charge is -2.12. The third kappa shape index (κ3) is 3.93. The van der Waals surface area contributed by atoms with Crippen molar-refractivity contribution in [3.63, 3.8) is 0 Å². The van der Waals surface area contributed by atoms with Crippen LogP contribution in [0.15, 0.2) is 18.2 Å². The summed E-state index contributed by atoms with van der Waals surface area (Å²) in [6.45, 7) is 3.85. The van der Waals surface area contributed by atoms with E-state index in [-0.39, 0.29) is 5.75 Å². The van der Waals surface area contributed by atoms with E-state index in [0.29, 0.717) is 17.9 Å². The van der Waals surface area contributed by atoms with Crippen molar-refractivity contribution in [3.8, 4) is 5.75 Å². The molecule has 0 saturated heterocycles. The second-order valence-corrected chi connectivity index (χ2v) is 5.65. The monoisotopic (exact) mass is 257 g/mol. The molecular weight excluding hydrogens is 238 g/mol. The highest BCUT2D eigenvalue weighted by atomic mass is 32.2. The van der Waals surface area contributed by atoms with Crippen molar-refractivity contribution in [3.05, 3.63) is 23.8 Å². The fraction of sp³-hybridized carbons (Fsp3) is 0.500. The first-order chi connectivity index (χ1) is 8.02.